The molecular weight excluding hydrogens is 290 g/mol. The molecule has 114 valence electrons. The number of hydrogen-bond acceptors (Lipinski definition) is 4. The number of fused-ring (bicyclic) bond motifs is 2. The summed E-state index contributed by atoms with van der Waals surface area (Å²) in [7, 11) is 0. The zero-order valence-corrected chi connectivity index (χ0v) is 12.6. The first-order valence-corrected chi connectivity index (χ1v) is 7.76. The van der Waals surface area contributed by atoms with Crippen molar-refractivity contribution < 1.29 is 4.57 Å². The highest BCUT2D eigenvalue weighted by atomic mass is 16.1. The Balaban J connectivity index is 2.19. The van der Waals surface area contributed by atoms with E-state index < -0.39 is 0 Å². The molecule has 0 aromatic carbocycles. The number of anilines is 1. The third-order valence-corrected chi connectivity index (χ3v) is 4.61. The monoisotopic (exact) mass is 306 g/mol. The minimum absolute atomic E-state index is 0.172. The van der Waals surface area contributed by atoms with E-state index in [1.54, 1.807) is 24.4 Å². The van der Waals surface area contributed by atoms with E-state index in [0.717, 1.165) is 25.7 Å². The van der Waals surface area contributed by atoms with Crippen molar-refractivity contribution in [2.75, 3.05) is 5.73 Å². The number of aromatic nitrogens is 3. The lowest BCUT2D eigenvalue weighted by molar-refractivity contribution is -0.685. The van der Waals surface area contributed by atoms with Gasteiger partial charge in [0.2, 0.25) is 11.5 Å². The molecule has 0 radical (unpaired) electrons. The summed E-state index contributed by atoms with van der Waals surface area (Å²) in [6.45, 7) is 0. The first kappa shape index (κ1) is 13.7. The maximum absolute atomic E-state index is 12.8. The number of pyridine rings is 2. The highest BCUT2D eigenvalue weighted by molar-refractivity contribution is 5.76. The van der Waals surface area contributed by atoms with Crippen molar-refractivity contribution in [2.45, 2.75) is 31.7 Å². The van der Waals surface area contributed by atoms with Crippen LogP contribution in [0.5, 0.6) is 0 Å². The Morgan fingerprint density at radius 2 is 2.13 bits per heavy atom. The quantitative estimate of drug-likeness (QED) is 0.547. The standard InChI is InChI=1S/C17H15N5O/c18-10-11-9-13-16(22(15(11)19)12-5-1-2-6-12)20-14-7-3-4-8-21(14)17(13)23/h3-4,7-9,12,19H,1-2,5-6H2/p+1. The SMILES string of the molecule is N#Cc1cc2c(=O)n3ccccc3nc2[n+](C2CCCC2)c1N. The first-order chi connectivity index (χ1) is 11.2. The van der Waals surface area contributed by atoms with Gasteiger partial charge in [0.15, 0.2) is 0 Å². The van der Waals surface area contributed by atoms with Gasteiger partial charge in [-0.05, 0) is 43.9 Å². The van der Waals surface area contributed by atoms with Crippen LogP contribution in [0.1, 0.15) is 37.3 Å². The van der Waals surface area contributed by atoms with Gasteiger partial charge in [-0.25, -0.2) is 4.57 Å². The largest absolute Gasteiger partial charge is 0.317 e. The summed E-state index contributed by atoms with van der Waals surface area (Å²) in [6, 6.07) is 9.30. The minimum Gasteiger partial charge on any atom is -0.317 e. The Hall–Kier alpha value is -2.94. The van der Waals surface area contributed by atoms with Gasteiger partial charge in [0.05, 0.1) is 6.04 Å². The van der Waals surface area contributed by atoms with E-state index in [2.05, 4.69) is 11.1 Å². The predicted molar refractivity (Wildman–Crippen MR) is 85.8 cm³/mol. The van der Waals surface area contributed by atoms with Crippen molar-refractivity contribution in [3.8, 4) is 6.07 Å². The van der Waals surface area contributed by atoms with Crippen LogP contribution in [0.3, 0.4) is 0 Å². The second-order valence-corrected chi connectivity index (χ2v) is 5.95. The summed E-state index contributed by atoms with van der Waals surface area (Å²) in [5, 5.41) is 9.81. The van der Waals surface area contributed by atoms with Gasteiger partial charge in [0.25, 0.3) is 11.2 Å². The van der Waals surface area contributed by atoms with E-state index in [-0.39, 0.29) is 11.6 Å². The molecule has 0 spiro atoms. The average Bonchev–Trinajstić information content (AvgIpc) is 3.09. The lowest BCUT2D eigenvalue weighted by Crippen LogP contribution is -2.44. The second kappa shape index (κ2) is 5.06. The van der Waals surface area contributed by atoms with Crippen LogP contribution >= 0.6 is 0 Å². The van der Waals surface area contributed by atoms with Crippen LogP contribution in [0.2, 0.25) is 0 Å². The fraction of sp³-hybridized carbons (Fsp3) is 0.294. The Bertz CT molecular complexity index is 1020. The third-order valence-electron chi connectivity index (χ3n) is 4.61. The summed E-state index contributed by atoms with van der Waals surface area (Å²) < 4.78 is 3.40. The third kappa shape index (κ3) is 1.97. The van der Waals surface area contributed by atoms with Crippen molar-refractivity contribution >= 4 is 22.5 Å². The molecule has 0 atom stereocenters. The van der Waals surface area contributed by atoms with E-state index in [9.17, 15) is 10.1 Å². The van der Waals surface area contributed by atoms with Gasteiger partial charge in [-0.2, -0.15) is 5.26 Å². The lowest BCUT2D eigenvalue weighted by Gasteiger charge is -2.14. The molecular formula is C17H16N5O+. The van der Waals surface area contributed by atoms with Crippen molar-refractivity contribution in [3.05, 3.63) is 46.4 Å². The van der Waals surface area contributed by atoms with E-state index in [4.69, 9.17) is 5.73 Å². The highest BCUT2D eigenvalue weighted by Gasteiger charge is 2.28. The first-order valence-electron chi connectivity index (χ1n) is 7.76. The van der Waals surface area contributed by atoms with E-state index in [1.165, 1.54) is 4.40 Å². The van der Waals surface area contributed by atoms with Crippen LogP contribution in [0.4, 0.5) is 5.82 Å². The Kier molecular flexibility index (Phi) is 3.01. The van der Waals surface area contributed by atoms with E-state index >= 15 is 0 Å². The second-order valence-electron chi connectivity index (χ2n) is 5.95. The summed E-state index contributed by atoms with van der Waals surface area (Å²) in [5.41, 5.74) is 7.54. The van der Waals surface area contributed by atoms with Crippen molar-refractivity contribution in [3.63, 3.8) is 0 Å². The minimum atomic E-state index is -0.172. The number of nitrogens with two attached hydrogens (primary N) is 1. The van der Waals surface area contributed by atoms with Crippen LogP contribution in [0.25, 0.3) is 16.7 Å². The van der Waals surface area contributed by atoms with Crippen molar-refractivity contribution in [1.29, 1.82) is 5.26 Å². The molecule has 23 heavy (non-hydrogen) atoms. The number of nitrogen functional groups attached to an aromatic ring is 1. The van der Waals surface area contributed by atoms with Crippen LogP contribution in [-0.2, 0) is 0 Å². The molecule has 3 heterocycles. The van der Waals surface area contributed by atoms with Crippen LogP contribution in [0.15, 0.2) is 35.3 Å². The van der Waals surface area contributed by atoms with Gasteiger partial charge < -0.3 is 5.73 Å². The summed E-state index contributed by atoms with van der Waals surface area (Å²) in [4.78, 5) is 17.4. The molecule has 0 saturated heterocycles. The number of rotatable bonds is 1. The molecule has 0 aliphatic heterocycles. The zero-order chi connectivity index (χ0) is 16.0. The zero-order valence-electron chi connectivity index (χ0n) is 12.6. The Labute approximate surface area is 132 Å². The number of hydrogen-bond donors (Lipinski definition) is 1. The molecule has 1 aliphatic rings. The van der Waals surface area contributed by atoms with Crippen LogP contribution in [-0.4, -0.2) is 9.38 Å². The average molecular weight is 306 g/mol. The van der Waals surface area contributed by atoms with E-state index in [0.29, 0.717) is 28.1 Å². The van der Waals surface area contributed by atoms with Gasteiger partial charge >= 0.3 is 0 Å². The van der Waals surface area contributed by atoms with Crippen LogP contribution < -0.4 is 15.9 Å². The Morgan fingerprint density at radius 3 is 2.87 bits per heavy atom. The molecule has 1 saturated carbocycles. The molecule has 0 amide bonds. The van der Waals surface area contributed by atoms with Gasteiger partial charge in [-0.15, -0.1) is 0 Å². The highest BCUT2D eigenvalue weighted by Crippen LogP contribution is 2.28. The molecule has 2 N–H and O–H groups in total. The molecule has 3 aromatic heterocycles. The molecule has 4 rings (SSSR count). The summed E-state index contributed by atoms with van der Waals surface area (Å²) in [5.74, 6) is 0.402. The molecule has 6 heteroatoms. The van der Waals surface area contributed by atoms with Gasteiger partial charge in [-0.3, -0.25) is 9.20 Å². The summed E-state index contributed by atoms with van der Waals surface area (Å²) >= 11 is 0. The lowest BCUT2D eigenvalue weighted by atomic mass is 10.1. The Morgan fingerprint density at radius 1 is 1.35 bits per heavy atom. The number of nitriles is 1. The molecule has 0 bridgehead atoms. The molecule has 1 fully saturated rings. The topological polar surface area (TPSA) is 88.1 Å². The predicted octanol–water partition coefficient (Wildman–Crippen LogP) is 1.70. The normalized spacial score (nSPS) is 15.3. The molecule has 6 nitrogen and oxygen atoms in total. The molecule has 1 aliphatic carbocycles. The summed E-state index contributed by atoms with van der Waals surface area (Å²) in [6.07, 6.45) is 5.93. The van der Waals surface area contributed by atoms with E-state index in [1.807, 2.05) is 10.6 Å². The van der Waals surface area contributed by atoms with Crippen molar-refractivity contribution in [2.24, 2.45) is 0 Å². The van der Waals surface area contributed by atoms with Gasteiger partial charge in [-0.1, -0.05) is 11.1 Å². The van der Waals surface area contributed by atoms with Crippen molar-refractivity contribution in [1.82, 2.24) is 9.38 Å². The van der Waals surface area contributed by atoms with Crippen LogP contribution in [0, 0.1) is 11.3 Å². The maximum atomic E-state index is 12.8. The maximum Gasteiger partial charge on any atom is 0.278 e. The fourth-order valence-corrected chi connectivity index (χ4v) is 3.48. The molecule has 3 aromatic rings. The number of nitrogens with zero attached hydrogens (tertiary/aromatic N) is 4. The molecule has 0 unspecified atom stereocenters. The smallest absolute Gasteiger partial charge is 0.278 e. The van der Waals surface area contributed by atoms with Gasteiger partial charge in [0, 0.05) is 6.20 Å². The van der Waals surface area contributed by atoms with Gasteiger partial charge in [0.1, 0.15) is 17.0 Å². The fourth-order valence-electron chi connectivity index (χ4n) is 3.48.